The average molecular weight is 1340 g/mol. The smallest absolute Gasteiger partial charge is 0.452 e. The van der Waals surface area contributed by atoms with E-state index in [0.29, 0.717) is 68.4 Å². The zero-order chi connectivity index (χ0) is 63.3. The van der Waals surface area contributed by atoms with Crippen molar-refractivity contribution in [1.82, 2.24) is 0 Å². The van der Waals surface area contributed by atoms with E-state index in [0.717, 1.165) is 29.4 Å². The van der Waals surface area contributed by atoms with Gasteiger partial charge in [-0.25, -0.2) is 16.8 Å². The summed E-state index contributed by atoms with van der Waals surface area (Å²) in [5, 5.41) is 2.08. The molecule has 10 nitrogen and oxygen atoms in total. The van der Waals surface area contributed by atoms with Gasteiger partial charge in [0.1, 0.15) is 36.9 Å². The number of benzene rings is 6. The van der Waals surface area contributed by atoms with Crippen LogP contribution in [0, 0.1) is 0 Å². The van der Waals surface area contributed by atoms with Crippen LogP contribution in [0.15, 0.2) is 146 Å². The number of hydrogen-bond acceptors (Lipinski definition) is 10. The summed E-state index contributed by atoms with van der Waals surface area (Å²) < 4.78 is 158. The molecule has 0 aromatic heterocycles. The van der Waals surface area contributed by atoms with Crippen molar-refractivity contribution in [1.29, 1.82) is 0 Å². The summed E-state index contributed by atoms with van der Waals surface area (Å²) in [6.45, 7) is 9.06. The predicted octanol–water partition coefficient (Wildman–Crippen LogP) is 16.7. The minimum absolute atomic E-state index is 0.00622. The van der Waals surface area contributed by atoms with E-state index in [-0.39, 0.29) is 60.9 Å². The van der Waals surface area contributed by atoms with Gasteiger partial charge < -0.3 is 23.4 Å². The minimum Gasteiger partial charge on any atom is -0.493 e. The fourth-order valence-electron chi connectivity index (χ4n) is 9.24. The first-order chi connectivity index (χ1) is 40.2. The third-order valence-corrected chi connectivity index (χ3v) is 24.0. The van der Waals surface area contributed by atoms with Crippen LogP contribution in [0.5, 0.6) is 11.5 Å². The van der Waals surface area contributed by atoms with E-state index in [2.05, 4.69) is 0 Å². The molecule has 23 heteroatoms. The van der Waals surface area contributed by atoms with Crippen molar-refractivity contribution in [2.24, 2.45) is 0 Å². The maximum absolute atomic E-state index is 14.1. The molecule has 6 aromatic carbocycles. The number of carbonyl (C=O) groups is 1. The monoisotopic (exact) mass is 1330 g/mol. The SMILES string of the molecule is CC(C)(C)[Si](C)(C)OC1(C(F)(F)F)OC1Cc1ccc(OCCS(=O)(=O)CCCC(c2ccc(Cl)cc2)c2ccc(Cl)cc2)cc1.COC(Cc1ccc(OCCS(=O)(=O)CCCC(c2ccc(Cl)cc2)c2ccc(Cl)cc2)cc1)C(=O)C(F)(F)F. The van der Waals surface area contributed by atoms with E-state index in [1.807, 2.05) is 93.6 Å². The molecule has 0 aliphatic carbocycles. The van der Waals surface area contributed by atoms with Crippen molar-refractivity contribution in [3.63, 3.8) is 0 Å². The zero-order valence-electron chi connectivity index (χ0n) is 48.3. The van der Waals surface area contributed by atoms with Crippen LogP contribution in [0.25, 0.3) is 0 Å². The zero-order valence-corrected chi connectivity index (χ0v) is 54.0. The van der Waals surface area contributed by atoms with Crippen LogP contribution in [0.2, 0.25) is 38.2 Å². The molecule has 7 rings (SSSR count). The van der Waals surface area contributed by atoms with Gasteiger partial charge in [0, 0.05) is 51.9 Å². The first-order valence-corrected chi connectivity index (χ1v) is 35.7. The molecule has 468 valence electrons. The van der Waals surface area contributed by atoms with E-state index >= 15 is 0 Å². The van der Waals surface area contributed by atoms with E-state index in [4.69, 9.17) is 69.8 Å². The average Bonchev–Trinajstić information content (AvgIpc) is 1.57. The minimum atomic E-state index is -4.98. The molecule has 0 amide bonds. The Hall–Kier alpha value is -4.67. The lowest BCUT2D eigenvalue weighted by atomic mass is 9.88. The molecule has 1 aliphatic rings. The van der Waals surface area contributed by atoms with Gasteiger partial charge in [0.15, 0.2) is 28.0 Å². The standard InChI is InChI=1S/C34H41Cl2F3O5SSi.C29H29Cl2F3O5S/c1-32(2,3)46(4,5)44-33(34(37,38)39)31(43-33)23-24-8-18-29(19-9-24)42-20-22-45(40,41)21-6-7-30(25-10-14-27(35)15-11-25)26-12-16-28(36)17-13-26;1-38-27(28(35)29(32,33)34)19-20-4-14-25(15-5-20)39-16-18-40(36,37)17-2-3-26(21-6-10-23(30)11-7-21)22-8-12-24(31)13-9-22/h8-19,30-31H,6-7,20-23H2,1-5H3;4-15,26-27H,2-3,16-19H2,1H3. The van der Waals surface area contributed by atoms with Crippen molar-refractivity contribution in [3.05, 3.63) is 199 Å². The van der Waals surface area contributed by atoms with Gasteiger partial charge in [0.2, 0.25) is 0 Å². The number of methoxy groups -OCH3 is 1. The quantitative estimate of drug-likeness (QED) is 0.0265. The Morgan fingerprint density at radius 3 is 1.22 bits per heavy atom. The fraction of sp³-hybridized carbons (Fsp3) is 0.413. The van der Waals surface area contributed by atoms with Crippen LogP contribution >= 0.6 is 46.4 Å². The van der Waals surface area contributed by atoms with E-state index in [1.54, 1.807) is 61.6 Å². The number of hydrogen-bond donors (Lipinski definition) is 0. The number of ether oxygens (including phenoxy) is 4. The van der Waals surface area contributed by atoms with Gasteiger partial charge in [-0.1, -0.05) is 140 Å². The summed E-state index contributed by atoms with van der Waals surface area (Å²) in [7, 11) is -8.51. The number of ketones is 1. The molecule has 1 aliphatic heterocycles. The van der Waals surface area contributed by atoms with Crippen LogP contribution in [-0.4, -0.2) is 105 Å². The third-order valence-electron chi connectivity index (χ3n) is 15.1. The van der Waals surface area contributed by atoms with Gasteiger partial charge in [0.05, 0.1) is 23.0 Å². The first-order valence-electron chi connectivity index (χ1n) is 27.6. The van der Waals surface area contributed by atoms with Crippen molar-refractivity contribution in [3.8, 4) is 11.5 Å². The first kappa shape index (κ1) is 70.4. The predicted molar refractivity (Wildman–Crippen MR) is 330 cm³/mol. The molecule has 0 spiro atoms. The number of sulfone groups is 2. The van der Waals surface area contributed by atoms with Gasteiger partial charge >= 0.3 is 12.4 Å². The Kier molecular flexibility index (Phi) is 24.7. The maximum atomic E-state index is 14.1. The van der Waals surface area contributed by atoms with Crippen LogP contribution in [-0.2, 0) is 51.2 Å². The molecule has 3 unspecified atom stereocenters. The topological polar surface area (TPSA) is 135 Å². The van der Waals surface area contributed by atoms with Gasteiger partial charge in [-0.2, -0.15) is 26.3 Å². The van der Waals surface area contributed by atoms with Gasteiger partial charge in [0.25, 0.3) is 11.6 Å². The largest absolute Gasteiger partial charge is 0.493 e. The fourth-order valence-corrected chi connectivity index (χ4v) is 13.4. The van der Waals surface area contributed by atoms with Gasteiger partial charge in [-0.3, -0.25) is 4.79 Å². The summed E-state index contributed by atoms with van der Waals surface area (Å²) >= 11 is 24.2. The number of rotatable bonds is 28. The Morgan fingerprint density at radius 2 is 0.907 bits per heavy atom. The number of epoxide rings is 1. The summed E-state index contributed by atoms with van der Waals surface area (Å²) in [5.74, 6) is -4.14. The number of Topliss-reactive ketones (excluding diaryl/α,β-unsaturated/α-hetero) is 1. The van der Waals surface area contributed by atoms with Crippen molar-refractivity contribution in [2.75, 3.05) is 43.3 Å². The van der Waals surface area contributed by atoms with Crippen LogP contribution in [0.4, 0.5) is 26.3 Å². The Morgan fingerprint density at radius 1 is 0.558 bits per heavy atom. The number of halogens is 10. The highest BCUT2D eigenvalue weighted by atomic mass is 35.5. The van der Waals surface area contributed by atoms with E-state index in [9.17, 15) is 48.0 Å². The van der Waals surface area contributed by atoms with E-state index < -0.39 is 69.2 Å². The molecule has 6 aromatic rings. The molecule has 0 N–H and O–H groups in total. The molecule has 1 saturated heterocycles. The molecule has 1 heterocycles. The molecule has 0 bridgehead atoms. The van der Waals surface area contributed by atoms with Crippen LogP contribution < -0.4 is 9.47 Å². The number of alkyl halides is 6. The summed E-state index contributed by atoms with van der Waals surface area (Å²) in [6.07, 6.45) is -10.6. The maximum Gasteiger partial charge on any atom is 0.452 e. The second kappa shape index (κ2) is 30.2. The van der Waals surface area contributed by atoms with E-state index in [1.165, 1.54) is 24.3 Å². The highest BCUT2D eigenvalue weighted by Crippen LogP contribution is 2.55. The number of carbonyl (C=O) groups excluding carboxylic acids is 1. The summed E-state index contributed by atoms with van der Waals surface area (Å²) in [4.78, 5) is 11.4. The van der Waals surface area contributed by atoms with Crippen molar-refractivity contribution < 1.29 is 71.3 Å². The Bertz CT molecular complexity index is 3260. The Labute approximate surface area is 521 Å². The molecular formula is C63H70Cl4F6O10S2Si. The van der Waals surface area contributed by atoms with Gasteiger partial charge in [-0.05, 0) is 150 Å². The highest BCUT2D eigenvalue weighted by Gasteiger charge is 2.76. The molecule has 0 saturated carbocycles. The second-order valence-electron chi connectivity index (χ2n) is 22.5. The summed E-state index contributed by atoms with van der Waals surface area (Å²) in [5.41, 5.74) is 5.20. The molecule has 0 radical (unpaired) electrons. The third kappa shape index (κ3) is 21.0. The lowest BCUT2D eigenvalue weighted by molar-refractivity contribution is -0.247. The normalized spacial score (nSPS) is 16.1. The second-order valence-corrected chi connectivity index (χ2v) is 33.6. The van der Waals surface area contributed by atoms with Crippen molar-refractivity contribution >= 4 is 80.2 Å². The van der Waals surface area contributed by atoms with Crippen molar-refractivity contribution in [2.45, 2.75) is 120 Å². The lowest BCUT2D eigenvalue weighted by Crippen LogP contribution is -2.51. The summed E-state index contributed by atoms with van der Waals surface area (Å²) in [6, 6.07) is 42.6. The Balaban J connectivity index is 0.000000278. The molecule has 3 atom stereocenters. The molecule has 1 fully saturated rings. The highest BCUT2D eigenvalue weighted by molar-refractivity contribution is 7.91. The van der Waals surface area contributed by atoms with Crippen LogP contribution in [0.3, 0.4) is 0 Å². The lowest BCUT2D eigenvalue weighted by Gasteiger charge is -2.38. The molecule has 86 heavy (non-hydrogen) atoms. The molecular weight excluding hydrogens is 1260 g/mol. The van der Waals surface area contributed by atoms with Gasteiger partial charge in [-0.15, -0.1) is 0 Å². The van der Waals surface area contributed by atoms with Crippen LogP contribution in [0.1, 0.15) is 91.7 Å².